The molecule has 2 aromatic carbocycles. The van der Waals surface area contributed by atoms with Gasteiger partial charge in [0, 0.05) is 17.1 Å². The molecule has 0 unspecified atom stereocenters. The van der Waals surface area contributed by atoms with E-state index in [1.807, 2.05) is 24.3 Å². The summed E-state index contributed by atoms with van der Waals surface area (Å²) in [6.45, 7) is 0. The quantitative estimate of drug-likeness (QED) is 0.577. The lowest BCUT2D eigenvalue weighted by atomic mass is 10.1. The molecule has 4 rings (SSSR count). The van der Waals surface area contributed by atoms with Crippen molar-refractivity contribution in [1.29, 1.82) is 0 Å². The number of rotatable bonds is 3. The summed E-state index contributed by atoms with van der Waals surface area (Å²) in [5, 5.41) is 3.51. The van der Waals surface area contributed by atoms with Crippen molar-refractivity contribution in [2.45, 2.75) is 0 Å². The van der Waals surface area contributed by atoms with Gasteiger partial charge in [-0.05, 0) is 42.0 Å². The van der Waals surface area contributed by atoms with E-state index in [0.29, 0.717) is 22.5 Å². The molecule has 0 bridgehead atoms. The smallest absolute Gasteiger partial charge is 0.182 e. The van der Waals surface area contributed by atoms with Crippen molar-refractivity contribution >= 4 is 28.2 Å². The average Bonchev–Trinajstić information content (AvgIpc) is 2.66. The Bertz CT molecular complexity index is 1100. The molecule has 0 saturated heterocycles. The number of aromatic nitrogens is 3. The van der Waals surface area contributed by atoms with E-state index < -0.39 is 11.6 Å². The Hall–Kier alpha value is -3.61. The zero-order valence-corrected chi connectivity index (χ0v) is 13.4. The van der Waals surface area contributed by atoms with Gasteiger partial charge in [0.05, 0.1) is 11.2 Å². The molecule has 0 spiro atoms. The number of nitrogen functional groups attached to an aromatic ring is 1. The van der Waals surface area contributed by atoms with Gasteiger partial charge in [-0.25, -0.2) is 23.7 Å². The van der Waals surface area contributed by atoms with Crippen molar-refractivity contribution in [3.63, 3.8) is 0 Å². The predicted molar refractivity (Wildman–Crippen MR) is 96.8 cm³/mol. The second-order valence-corrected chi connectivity index (χ2v) is 5.65. The lowest BCUT2D eigenvalue weighted by molar-refractivity contribution is 0.512. The van der Waals surface area contributed by atoms with Gasteiger partial charge in [0.25, 0.3) is 0 Å². The number of nitrogens with zero attached hydrogens (tertiary/aromatic N) is 3. The van der Waals surface area contributed by atoms with Crippen LogP contribution in [0.15, 0.2) is 61.1 Å². The van der Waals surface area contributed by atoms with Gasteiger partial charge in [-0.2, -0.15) is 0 Å². The Morgan fingerprint density at radius 3 is 2.54 bits per heavy atom. The summed E-state index contributed by atoms with van der Waals surface area (Å²) in [5.74, 6) is -1.08. The van der Waals surface area contributed by atoms with E-state index in [0.717, 1.165) is 17.2 Å². The SMILES string of the molecule is Nc1ccc(-c2ccc3ncnc(Nc4cccc(F)c4F)c3c2)cn1. The fourth-order valence-electron chi connectivity index (χ4n) is 2.64. The van der Waals surface area contributed by atoms with Gasteiger partial charge in [0.2, 0.25) is 0 Å². The molecule has 0 aliphatic carbocycles. The summed E-state index contributed by atoms with van der Waals surface area (Å²) in [7, 11) is 0. The molecule has 2 heterocycles. The molecule has 7 heteroatoms. The van der Waals surface area contributed by atoms with Gasteiger partial charge < -0.3 is 11.1 Å². The standard InChI is InChI=1S/C19H13F2N5/c20-14-2-1-3-16(18(14)21)26-19-13-8-11(4-6-15(13)24-10-25-19)12-5-7-17(22)23-9-12/h1-10H,(H2,22,23)(H,24,25,26). The summed E-state index contributed by atoms with van der Waals surface area (Å²) < 4.78 is 27.4. The molecule has 26 heavy (non-hydrogen) atoms. The fourth-order valence-corrected chi connectivity index (χ4v) is 2.64. The van der Waals surface area contributed by atoms with E-state index in [-0.39, 0.29) is 5.69 Å². The monoisotopic (exact) mass is 349 g/mol. The van der Waals surface area contributed by atoms with Crippen LogP contribution >= 0.6 is 0 Å². The number of nitrogens with one attached hydrogen (secondary N) is 1. The van der Waals surface area contributed by atoms with E-state index in [1.165, 1.54) is 18.5 Å². The third-order valence-corrected chi connectivity index (χ3v) is 3.96. The van der Waals surface area contributed by atoms with E-state index in [4.69, 9.17) is 5.73 Å². The summed E-state index contributed by atoms with van der Waals surface area (Å²) in [5.41, 5.74) is 8.05. The predicted octanol–water partition coefficient (Wildman–Crippen LogP) is 4.30. The van der Waals surface area contributed by atoms with Gasteiger partial charge in [-0.1, -0.05) is 12.1 Å². The van der Waals surface area contributed by atoms with Crippen LogP contribution in [0.25, 0.3) is 22.0 Å². The minimum Gasteiger partial charge on any atom is -0.384 e. The molecule has 5 nitrogen and oxygen atoms in total. The van der Waals surface area contributed by atoms with Gasteiger partial charge in [0.1, 0.15) is 18.0 Å². The topological polar surface area (TPSA) is 76.7 Å². The second kappa shape index (κ2) is 6.36. The molecule has 0 radical (unpaired) electrons. The number of benzene rings is 2. The van der Waals surface area contributed by atoms with Crippen molar-refractivity contribution in [2.75, 3.05) is 11.1 Å². The van der Waals surface area contributed by atoms with Crippen LogP contribution < -0.4 is 11.1 Å². The first-order valence-corrected chi connectivity index (χ1v) is 7.79. The zero-order valence-electron chi connectivity index (χ0n) is 13.4. The number of pyridine rings is 1. The number of halogens is 2. The summed E-state index contributed by atoms with van der Waals surface area (Å²) in [6, 6.07) is 13.1. The summed E-state index contributed by atoms with van der Waals surface area (Å²) in [4.78, 5) is 12.5. The van der Waals surface area contributed by atoms with Crippen molar-refractivity contribution in [3.05, 3.63) is 72.7 Å². The third-order valence-electron chi connectivity index (χ3n) is 3.96. The van der Waals surface area contributed by atoms with Crippen LogP contribution in [0.3, 0.4) is 0 Å². The highest BCUT2D eigenvalue weighted by molar-refractivity contribution is 5.93. The van der Waals surface area contributed by atoms with Crippen LogP contribution in [0.5, 0.6) is 0 Å². The van der Waals surface area contributed by atoms with Crippen molar-refractivity contribution in [1.82, 2.24) is 15.0 Å². The Kier molecular flexibility index (Phi) is 3.89. The highest BCUT2D eigenvalue weighted by atomic mass is 19.2. The average molecular weight is 349 g/mol. The van der Waals surface area contributed by atoms with Crippen LogP contribution in [0.4, 0.5) is 26.1 Å². The molecule has 0 saturated carbocycles. The van der Waals surface area contributed by atoms with Crippen LogP contribution in [0.2, 0.25) is 0 Å². The maximum atomic E-state index is 14.0. The number of hydrogen-bond acceptors (Lipinski definition) is 5. The molecule has 0 fully saturated rings. The normalized spacial score (nSPS) is 10.8. The number of fused-ring (bicyclic) bond motifs is 1. The highest BCUT2D eigenvalue weighted by Gasteiger charge is 2.11. The number of hydrogen-bond donors (Lipinski definition) is 2. The molecule has 0 aliphatic rings. The largest absolute Gasteiger partial charge is 0.384 e. The van der Waals surface area contributed by atoms with Crippen LogP contribution in [0.1, 0.15) is 0 Å². The summed E-state index contributed by atoms with van der Waals surface area (Å²) in [6.07, 6.45) is 3.03. The minimum absolute atomic E-state index is 0.00422. The fraction of sp³-hybridized carbons (Fsp3) is 0. The molecular weight excluding hydrogens is 336 g/mol. The molecule has 128 valence electrons. The number of nitrogens with two attached hydrogens (primary N) is 1. The molecular formula is C19H13F2N5. The first kappa shape index (κ1) is 15.9. The van der Waals surface area contributed by atoms with Crippen LogP contribution in [0, 0.1) is 11.6 Å². The minimum atomic E-state index is -0.960. The van der Waals surface area contributed by atoms with E-state index >= 15 is 0 Å². The molecule has 0 aliphatic heterocycles. The zero-order chi connectivity index (χ0) is 18.1. The van der Waals surface area contributed by atoms with Gasteiger partial charge in [-0.3, -0.25) is 0 Å². The molecule has 0 amide bonds. The Balaban J connectivity index is 1.81. The Labute approximate surface area is 147 Å². The van der Waals surface area contributed by atoms with Crippen molar-refractivity contribution in [3.8, 4) is 11.1 Å². The summed E-state index contributed by atoms with van der Waals surface area (Å²) >= 11 is 0. The van der Waals surface area contributed by atoms with E-state index in [2.05, 4.69) is 20.3 Å². The van der Waals surface area contributed by atoms with E-state index in [9.17, 15) is 8.78 Å². The lowest BCUT2D eigenvalue weighted by Crippen LogP contribution is -1.99. The maximum absolute atomic E-state index is 14.0. The second-order valence-electron chi connectivity index (χ2n) is 5.65. The molecule has 3 N–H and O–H groups in total. The van der Waals surface area contributed by atoms with Gasteiger partial charge >= 0.3 is 0 Å². The first-order valence-electron chi connectivity index (χ1n) is 7.79. The molecule has 2 aromatic heterocycles. The van der Waals surface area contributed by atoms with Gasteiger partial charge in [0.15, 0.2) is 11.6 Å². The first-order chi connectivity index (χ1) is 12.6. The van der Waals surface area contributed by atoms with Crippen LogP contribution in [-0.4, -0.2) is 15.0 Å². The highest BCUT2D eigenvalue weighted by Crippen LogP contribution is 2.29. The van der Waals surface area contributed by atoms with Crippen molar-refractivity contribution in [2.24, 2.45) is 0 Å². The number of anilines is 3. The lowest BCUT2D eigenvalue weighted by Gasteiger charge is -2.11. The molecule has 0 atom stereocenters. The third kappa shape index (κ3) is 2.90. The van der Waals surface area contributed by atoms with Crippen molar-refractivity contribution < 1.29 is 8.78 Å². The van der Waals surface area contributed by atoms with Crippen LogP contribution in [-0.2, 0) is 0 Å². The van der Waals surface area contributed by atoms with E-state index in [1.54, 1.807) is 12.3 Å². The molecule has 4 aromatic rings. The maximum Gasteiger partial charge on any atom is 0.182 e. The Morgan fingerprint density at radius 2 is 1.73 bits per heavy atom. The Morgan fingerprint density at radius 1 is 0.885 bits per heavy atom. The van der Waals surface area contributed by atoms with Gasteiger partial charge in [-0.15, -0.1) is 0 Å².